The van der Waals surface area contributed by atoms with Crippen LogP contribution < -0.4 is 9.47 Å². The Bertz CT molecular complexity index is 1180. The van der Waals surface area contributed by atoms with E-state index in [-0.39, 0.29) is 24.5 Å². The van der Waals surface area contributed by atoms with Gasteiger partial charge in [0.2, 0.25) is 11.8 Å². The molecule has 0 radical (unpaired) electrons. The monoisotopic (exact) mass is 550 g/mol. The third kappa shape index (κ3) is 8.57. The molecule has 1 saturated heterocycles. The molecule has 1 unspecified atom stereocenters. The fourth-order valence-corrected chi connectivity index (χ4v) is 5.51. The first-order valence-electron chi connectivity index (χ1n) is 13.5. The van der Waals surface area contributed by atoms with Crippen LogP contribution in [0.4, 0.5) is 0 Å². The van der Waals surface area contributed by atoms with Crippen LogP contribution in [-0.2, 0) is 33.7 Å². The maximum absolute atomic E-state index is 13.7. The summed E-state index contributed by atoms with van der Waals surface area (Å²) in [5, 5.41) is 2.02. The van der Waals surface area contributed by atoms with Crippen LogP contribution in [0.5, 0.6) is 11.5 Å². The number of rotatable bonds is 14. The fourth-order valence-electron chi connectivity index (χ4n) is 4.79. The van der Waals surface area contributed by atoms with E-state index in [9.17, 15) is 9.59 Å². The summed E-state index contributed by atoms with van der Waals surface area (Å²) in [6, 6.07) is 19.8. The SMILES string of the molecule is COc1ccc(CCN(Cc2cccs2)C(=O)CN(CC2CCCO2)C(=O)CCc2ccccc2)cc1OC. The van der Waals surface area contributed by atoms with E-state index in [0.717, 1.165) is 28.8 Å². The molecule has 0 saturated carbocycles. The Kier molecular flexibility index (Phi) is 10.8. The van der Waals surface area contributed by atoms with E-state index in [0.29, 0.717) is 57.0 Å². The highest BCUT2D eigenvalue weighted by molar-refractivity contribution is 7.09. The molecule has 1 atom stereocenters. The molecule has 1 aliphatic rings. The van der Waals surface area contributed by atoms with Crippen LogP contribution in [-0.4, -0.2) is 68.2 Å². The van der Waals surface area contributed by atoms with E-state index >= 15 is 0 Å². The van der Waals surface area contributed by atoms with Crippen LogP contribution in [0.1, 0.15) is 35.3 Å². The summed E-state index contributed by atoms with van der Waals surface area (Å²) < 4.78 is 16.6. The van der Waals surface area contributed by atoms with E-state index in [1.807, 2.05) is 70.9 Å². The van der Waals surface area contributed by atoms with E-state index < -0.39 is 0 Å². The highest BCUT2D eigenvalue weighted by atomic mass is 32.1. The molecule has 3 aromatic rings. The lowest BCUT2D eigenvalue weighted by Crippen LogP contribution is -2.46. The first-order valence-corrected chi connectivity index (χ1v) is 14.4. The molecule has 0 bridgehead atoms. The molecule has 1 aliphatic heterocycles. The predicted octanol–water partition coefficient (Wildman–Crippen LogP) is 4.98. The summed E-state index contributed by atoms with van der Waals surface area (Å²) >= 11 is 1.63. The zero-order valence-corrected chi connectivity index (χ0v) is 23.7. The lowest BCUT2D eigenvalue weighted by atomic mass is 10.1. The first kappa shape index (κ1) is 28.6. The van der Waals surface area contributed by atoms with Crippen molar-refractivity contribution < 1.29 is 23.8 Å². The van der Waals surface area contributed by atoms with Crippen molar-refractivity contribution in [1.82, 2.24) is 9.80 Å². The number of hydrogen-bond donors (Lipinski definition) is 0. The molecule has 2 aromatic carbocycles. The van der Waals surface area contributed by atoms with E-state index in [4.69, 9.17) is 14.2 Å². The Morgan fingerprint density at radius 1 is 0.923 bits per heavy atom. The highest BCUT2D eigenvalue weighted by Gasteiger charge is 2.26. The molecule has 1 fully saturated rings. The Morgan fingerprint density at radius 2 is 1.74 bits per heavy atom. The first-order chi connectivity index (χ1) is 19.1. The molecular formula is C31H38N2O5S. The topological polar surface area (TPSA) is 68.3 Å². The van der Waals surface area contributed by atoms with Crippen molar-refractivity contribution in [2.24, 2.45) is 0 Å². The number of nitrogens with zero attached hydrogens (tertiary/aromatic N) is 2. The predicted molar refractivity (Wildman–Crippen MR) is 153 cm³/mol. The number of ether oxygens (including phenoxy) is 3. The van der Waals surface area contributed by atoms with Gasteiger partial charge in [-0.1, -0.05) is 42.5 Å². The zero-order valence-electron chi connectivity index (χ0n) is 22.8. The maximum atomic E-state index is 13.7. The molecule has 2 heterocycles. The normalized spacial score (nSPS) is 14.7. The van der Waals surface area contributed by atoms with Crippen molar-refractivity contribution in [2.75, 3.05) is 40.5 Å². The maximum Gasteiger partial charge on any atom is 0.242 e. The van der Waals surface area contributed by atoms with E-state index in [1.54, 1.807) is 30.5 Å². The Morgan fingerprint density at radius 3 is 2.44 bits per heavy atom. The number of thiophene rings is 1. The molecule has 7 nitrogen and oxygen atoms in total. The second-order valence-corrected chi connectivity index (χ2v) is 10.8. The van der Waals surface area contributed by atoms with Gasteiger partial charge in [-0.25, -0.2) is 0 Å². The van der Waals surface area contributed by atoms with Crippen LogP contribution in [0, 0.1) is 0 Å². The summed E-state index contributed by atoms with van der Waals surface area (Å²) in [6.45, 7) is 2.24. The van der Waals surface area contributed by atoms with Gasteiger partial charge >= 0.3 is 0 Å². The summed E-state index contributed by atoms with van der Waals surface area (Å²) in [6.07, 6.45) is 3.55. The Hall–Kier alpha value is -3.36. The molecule has 39 heavy (non-hydrogen) atoms. The van der Waals surface area contributed by atoms with Crippen molar-refractivity contribution in [1.29, 1.82) is 0 Å². The van der Waals surface area contributed by atoms with E-state index in [1.165, 1.54) is 0 Å². The molecule has 0 aliphatic carbocycles. The lowest BCUT2D eigenvalue weighted by molar-refractivity contribution is -0.142. The lowest BCUT2D eigenvalue weighted by Gasteiger charge is -2.29. The minimum Gasteiger partial charge on any atom is -0.493 e. The standard InChI is InChI=1S/C31H38N2O5S/c1-36-28-14-12-25(20-29(28)37-2)16-17-32(22-27-11-7-19-39-27)31(35)23-33(21-26-10-6-18-38-26)30(34)15-13-24-8-4-3-5-9-24/h3-5,7-9,11-12,14,19-20,26H,6,10,13,15-18,21-23H2,1-2H3. The number of aryl methyl sites for hydroxylation is 1. The molecule has 1 aromatic heterocycles. The molecule has 8 heteroatoms. The van der Waals surface area contributed by atoms with Crippen LogP contribution in [0.15, 0.2) is 66.0 Å². The minimum atomic E-state index is -0.0602. The van der Waals surface area contributed by atoms with Gasteiger partial charge in [0.15, 0.2) is 11.5 Å². The summed E-state index contributed by atoms with van der Waals surface area (Å²) in [5.74, 6) is 1.26. The number of carbonyl (C=O) groups is 2. The number of amides is 2. The van der Waals surface area contributed by atoms with Gasteiger partial charge < -0.3 is 24.0 Å². The number of hydrogen-bond acceptors (Lipinski definition) is 6. The van der Waals surface area contributed by atoms with Crippen molar-refractivity contribution >= 4 is 23.2 Å². The molecule has 0 N–H and O–H groups in total. The second-order valence-electron chi connectivity index (χ2n) is 9.73. The van der Waals surface area contributed by atoms with Crippen molar-refractivity contribution in [3.05, 3.63) is 82.0 Å². The summed E-state index contributed by atoms with van der Waals surface area (Å²) in [7, 11) is 3.23. The smallest absolute Gasteiger partial charge is 0.242 e. The highest BCUT2D eigenvalue weighted by Crippen LogP contribution is 2.28. The van der Waals surface area contributed by atoms with Crippen LogP contribution >= 0.6 is 11.3 Å². The quantitative estimate of drug-likeness (QED) is 0.283. The second kappa shape index (κ2) is 14.7. The average Bonchev–Trinajstić information content (AvgIpc) is 3.68. The number of benzene rings is 2. The third-order valence-electron chi connectivity index (χ3n) is 7.00. The van der Waals surface area contributed by atoms with Gasteiger partial charge in [0.05, 0.1) is 33.4 Å². The van der Waals surface area contributed by atoms with Gasteiger partial charge in [0.25, 0.3) is 0 Å². The minimum absolute atomic E-state index is 0.0151. The molecular weight excluding hydrogens is 512 g/mol. The molecule has 0 spiro atoms. The van der Waals surface area contributed by atoms with Gasteiger partial charge in [-0.15, -0.1) is 11.3 Å². The van der Waals surface area contributed by atoms with Gasteiger partial charge in [-0.05, 0) is 60.4 Å². The Labute approximate surface area is 235 Å². The fraction of sp³-hybridized carbons (Fsp3) is 0.419. The molecule has 208 valence electrons. The summed E-state index contributed by atoms with van der Waals surface area (Å²) in [4.78, 5) is 31.8. The van der Waals surface area contributed by atoms with E-state index in [2.05, 4.69) is 0 Å². The third-order valence-corrected chi connectivity index (χ3v) is 7.86. The largest absolute Gasteiger partial charge is 0.493 e. The van der Waals surface area contributed by atoms with Gasteiger partial charge in [-0.3, -0.25) is 9.59 Å². The zero-order chi connectivity index (χ0) is 27.5. The molecule has 4 rings (SSSR count). The number of methoxy groups -OCH3 is 2. The Balaban J connectivity index is 1.45. The number of carbonyl (C=O) groups excluding carboxylic acids is 2. The van der Waals surface area contributed by atoms with Gasteiger partial charge in [0.1, 0.15) is 0 Å². The van der Waals surface area contributed by atoms with Crippen molar-refractivity contribution in [2.45, 2.75) is 44.8 Å². The van der Waals surface area contributed by atoms with Gasteiger partial charge in [0, 0.05) is 31.0 Å². The van der Waals surface area contributed by atoms with Crippen molar-refractivity contribution in [3.8, 4) is 11.5 Å². The molecule has 2 amide bonds. The van der Waals surface area contributed by atoms with Crippen molar-refractivity contribution in [3.63, 3.8) is 0 Å². The summed E-state index contributed by atoms with van der Waals surface area (Å²) in [5.41, 5.74) is 2.16. The van der Waals surface area contributed by atoms with Crippen LogP contribution in [0.2, 0.25) is 0 Å². The van der Waals surface area contributed by atoms with Crippen LogP contribution in [0.25, 0.3) is 0 Å². The van der Waals surface area contributed by atoms with Crippen LogP contribution in [0.3, 0.4) is 0 Å². The van der Waals surface area contributed by atoms with Gasteiger partial charge in [-0.2, -0.15) is 0 Å². The average molecular weight is 551 g/mol.